The van der Waals surface area contributed by atoms with Gasteiger partial charge in [-0.1, -0.05) is 6.07 Å². The summed E-state index contributed by atoms with van der Waals surface area (Å²) in [6, 6.07) is 11.5. The second kappa shape index (κ2) is 9.85. The van der Waals surface area contributed by atoms with Crippen LogP contribution in [0.3, 0.4) is 0 Å². The van der Waals surface area contributed by atoms with Gasteiger partial charge in [0, 0.05) is 29.2 Å². The van der Waals surface area contributed by atoms with E-state index in [0.29, 0.717) is 25.6 Å². The maximum atomic E-state index is 12.3. The summed E-state index contributed by atoms with van der Waals surface area (Å²) < 4.78 is 10.9. The third-order valence-electron chi connectivity index (χ3n) is 3.91. The lowest BCUT2D eigenvalue weighted by atomic mass is 10.2. The molecule has 6 nitrogen and oxygen atoms in total. The van der Waals surface area contributed by atoms with Crippen LogP contribution in [0.1, 0.15) is 25.1 Å². The number of hydrogen-bond donors (Lipinski definition) is 1. The van der Waals surface area contributed by atoms with Crippen molar-refractivity contribution in [1.82, 2.24) is 15.3 Å². The summed E-state index contributed by atoms with van der Waals surface area (Å²) in [6.07, 6.45) is 1.91. The molecule has 0 fully saturated rings. The lowest BCUT2D eigenvalue weighted by molar-refractivity contribution is -0.120. The summed E-state index contributed by atoms with van der Waals surface area (Å²) in [5.41, 5.74) is 2.62. The summed E-state index contributed by atoms with van der Waals surface area (Å²) in [5.74, 6) is 1.30. The predicted octanol–water partition coefficient (Wildman–Crippen LogP) is 3.86. The van der Waals surface area contributed by atoms with Crippen molar-refractivity contribution in [1.29, 1.82) is 0 Å². The molecule has 3 aromatic rings. The van der Waals surface area contributed by atoms with Crippen LogP contribution in [0.5, 0.6) is 11.6 Å². The molecule has 2 heterocycles. The molecule has 0 unspecified atom stereocenters. The van der Waals surface area contributed by atoms with Gasteiger partial charge in [0.2, 0.25) is 11.8 Å². The van der Waals surface area contributed by atoms with Gasteiger partial charge < -0.3 is 14.8 Å². The molecule has 0 aliphatic carbocycles. The summed E-state index contributed by atoms with van der Waals surface area (Å²) >= 11 is 1.53. The Morgan fingerprint density at radius 2 is 1.89 bits per heavy atom. The minimum Gasteiger partial charge on any atom is -0.494 e. The lowest BCUT2D eigenvalue weighted by Crippen LogP contribution is -2.25. The van der Waals surface area contributed by atoms with Gasteiger partial charge in [0.25, 0.3) is 0 Å². The standard InChI is InChI=1S/C21H23N3O3S/c1-3-26-18-9-7-15(8-10-18)21-24-17(14-28-21)12-19(25)23-13-16-6-5-11-22-20(16)27-4-2/h5-11,14H,3-4,12-13H2,1-2H3,(H,23,25). The number of rotatable bonds is 9. The highest BCUT2D eigenvalue weighted by Crippen LogP contribution is 2.26. The molecule has 2 aromatic heterocycles. The molecule has 28 heavy (non-hydrogen) atoms. The number of nitrogens with one attached hydrogen (secondary N) is 1. The highest BCUT2D eigenvalue weighted by atomic mass is 32.1. The molecule has 0 radical (unpaired) electrons. The SMILES string of the molecule is CCOc1ccc(-c2nc(CC(=O)NCc3cccnc3OCC)cs2)cc1. The second-order valence-electron chi connectivity index (χ2n) is 5.96. The number of pyridine rings is 1. The Morgan fingerprint density at radius 1 is 1.11 bits per heavy atom. The molecule has 146 valence electrons. The molecule has 3 rings (SSSR count). The van der Waals surface area contributed by atoms with Crippen LogP contribution in [-0.2, 0) is 17.8 Å². The van der Waals surface area contributed by atoms with Crippen LogP contribution in [0.2, 0.25) is 0 Å². The van der Waals surface area contributed by atoms with E-state index in [9.17, 15) is 4.79 Å². The van der Waals surface area contributed by atoms with E-state index in [1.807, 2.05) is 55.6 Å². The summed E-state index contributed by atoms with van der Waals surface area (Å²) in [6.45, 7) is 5.41. The van der Waals surface area contributed by atoms with Gasteiger partial charge in [-0.25, -0.2) is 9.97 Å². The third-order valence-corrected chi connectivity index (χ3v) is 4.85. The van der Waals surface area contributed by atoms with Crippen LogP contribution < -0.4 is 14.8 Å². The zero-order valence-corrected chi connectivity index (χ0v) is 16.8. The van der Waals surface area contributed by atoms with Crippen LogP contribution in [-0.4, -0.2) is 29.1 Å². The minimum absolute atomic E-state index is 0.0881. The van der Waals surface area contributed by atoms with Crippen molar-refractivity contribution in [2.45, 2.75) is 26.8 Å². The van der Waals surface area contributed by atoms with Crippen molar-refractivity contribution in [3.8, 4) is 22.2 Å². The first-order valence-electron chi connectivity index (χ1n) is 9.20. The van der Waals surface area contributed by atoms with Crippen molar-refractivity contribution in [2.24, 2.45) is 0 Å². The van der Waals surface area contributed by atoms with E-state index in [0.717, 1.165) is 27.6 Å². The van der Waals surface area contributed by atoms with E-state index in [1.165, 1.54) is 11.3 Å². The number of carbonyl (C=O) groups excluding carboxylic acids is 1. The molecule has 0 spiro atoms. The average Bonchev–Trinajstić information content (AvgIpc) is 3.17. The maximum absolute atomic E-state index is 12.3. The lowest BCUT2D eigenvalue weighted by Gasteiger charge is -2.09. The highest BCUT2D eigenvalue weighted by molar-refractivity contribution is 7.13. The van der Waals surface area contributed by atoms with Crippen LogP contribution in [0.4, 0.5) is 0 Å². The summed E-state index contributed by atoms with van der Waals surface area (Å²) in [7, 11) is 0. The Bertz CT molecular complexity index is 909. The molecule has 1 N–H and O–H groups in total. The Balaban J connectivity index is 1.57. The molecule has 0 aliphatic heterocycles. The molecule has 0 aliphatic rings. The first-order chi connectivity index (χ1) is 13.7. The van der Waals surface area contributed by atoms with Crippen molar-refractivity contribution in [3.05, 3.63) is 59.2 Å². The van der Waals surface area contributed by atoms with E-state index in [4.69, 9.17) is 9.47 Å². The van der Waals surface area contributed by atoms with E-state index in [1.54, 1.807) is 6.20 Å². The van der Waals surface area contributed by atoms with E-state index >= 15 is 0 Å². The number of carbonyl (C=O) groups is 1. The number of nitrogens with zero attached hydrogens (tertiary/aromatic N) is 2. The first-order valence-corrected chi connectivity index (χ1v) is 10.1. The number of aromatic nitrogens is 2. The van der Waals surface area contributed by atoms with Gasteiger partial charge in [-0.05, 0) is 44.2 Å². The summed E-state index contributed by atoms with van der Waals surface area (Å²) in [5, 5.41) is 5.71. The van der Waals surface area contributed by atoms with E-state index < -0.39 is 0 Å². The van der Waals surface area contributed by atoms with Crippen LogP contribution >= 0.6 is 11.3 Å². The van der Waals surface area contributed by atoms with Gasteiger partial charge in [0.1, 0.15) is 10.8 Å². The Kier molecular flexibility index (Phi) is 6.97. The average molecular weight is 398 g/mol. The zero-order valence-electron chi connectivity index (χ0n) is 16.0. The summed E-state index contributed by atoms with van der Waals surface area (Å²) in [4.78, 5) is 21.1. The normalized spacial score (nSPS) is 10.5. The fourth-order valence-electron chi connectivity index (χ4n) is 2.63. The topological polar surface area (TPSA) is 73.3 Å². The van der Waals surface area contributed by atoms with E-state index in [2.05, 4.69) is 15.3 Å². The predicted molar refractivity (Wildman–Crippen MR) is 110 cm³/mol. The first kappa shape index (κ1) is 19.8. The monoisotopic (exact) mass is 397 g/mol. The number of amides is 1. The van der Waals surface area contributed by atoms with Gasteiger partial charge in [0.05, 0.1) is 25.3 Å². The molecule has 0 atom stereocenters. The van der Waals surface area contributed by atoms with Crippen molar-refractivity contribution < 1.29 is 14.3 Å². The Morgan fingerprint density at radius 3 is 2.64 bits per heavy atom. The molecule has 0 saturated carbocycles. The van der Waals surface area contributed by atoms with Gasteiger partial charge >= 0.3 is 0 Å². The van der Waals surface area contributed by atoms with Crippen molar-refractivity contribution in [2.75, 3.05) is 13.2 Å². The fourth-order valence-corrected chi connectivity index (χ4v) is 3.45. The molecular formula is C21H23N3O3S. The fraction of sp³-hybridized carbons (Fsp3) is 0.286. The number of thiazole rings is 1. The van der Waals surface area contributed by atoms with Gasteiger partial charge in [-0.2, -0.15) is 0 Å². The van der Waals surface area contributed by atoms with Gasteiger partial charge in [0.15, 0.2) is 0 Å². The molecule has 0 bridgehead atoms. The van der Waals surface area contributed by atoms with Gasteiger partial charge in [-0.15, -0.1) is 11.3 Å². The third kappa shape index (κ3) is 5.29. The minimum atomic E-state index is -0.0881. The maximum Gasteiger partial charge on any atom is 0.226 e. The number of ether oxygens (including phenoxy) is 2. The molecule has 1 aromatic carbocycles. The molecular weight excluding hydrogens is 374 g/mol. The van der Waals surface area contributed by atoms with Crippen LogP contribution in [0, 0.1) is 0 Å². The molecule has 0 saturated heterocycles. The highest BCUT2D eigenvalue weighted by Gasteiger charge is 2.11. The van der Waals surface area contributed by atoms with Crippen molar-refractivity contribution >= 4 is 17.2 Å². The number of hydrogen-bond acceptors (Lipinski definition) is 6. The Labute approximate surface area is 168 Å². The largest absolute Gasteiger partial charge is 0.494 e. The second-order valence-corrected chi connectivity index (χ2v) is 6.81. The van der Waals surface area contributed by atoms with Crippen molar-refractivity contribution in [3.63, 3.8) is 0 Å². The van der Waals surface area contributed by atoms with E-state index in [-0.39, 0.29) is 12.3 Å². The van der Waals surface area contributed by atoms with Crippen LogP contribution in [0.15, 0.2) is 48.0 Å². The molecule has 7 heteroatoms. The molecule has 1 amide bonds. The number of benzene rings is 1. The van der Waals surface area contributed by atoms with Gasteiger partial charge in [-0.3, -0.25) is 4.79 Å². The quantitative estimate of drug-likeness (QED) is 0.593. The zero-order chi connectivity index (χ0) is 19.8. The van der Waals surface area contributed by atoms with Crippen LogP contribution in [0.25, 0.3) is 10.6 Å². The Hall–Kier alpha value is -2.93. The smallest absolute Gasteiger partial charge is 0.226 e.